The molecule has 0 fully saturated rings. The third-order valence-corrected chi connectivity index (χ3v) is 2.84. The van der Waals surface area contributed by atoms with E-state index in [9.17, 15) is 4.79 Å². The number of aromatic nitrogens is 2. The van der Waals surface area contributed by atoms with Gasteiger partial charge in [-0.25, -0.2) is 0 Å². The normalized spacial score (nSPS) is 11.1. The third-order valence-electron chi connectivity index (χ3n) is 2.26. The van der Waals surface area contributed by atoms with Crippen LogP contribution in [0.25, 0.3) is 0 Å². The molecule has 1 aromatic rings. The number of ether oxygens (including phenoxy) is 1. The Morgan fingerprint density at radius 2 is 2.29 bits per heavy atom. The third kappa shape index (κ3) is 4.22. The van der Waals surface area contributed by atoms with Gasteiger partial charge in [0.1, 0.15) is 12.3 Å². The van der Waals surface area contributed by atoms with E-state index in [1.165, 1.54) is 0 Å². The molecule has 17 heavy (non-hydrogen) atoms. The molecule has 0 bridgehead atoms. The number of likely N-dealkylation sites (N-methyl/N-ethyl adjacent to an activating group) is 1. The number of nitrogens with zero attached hydrogens (tertiary/aromatic N) is 3. The molecule has 0 amide bonds. The van der Waals surface area contributed by atoms with E-state index in [0.717, 1.165) is 11.0 Å². The number of carbonyl (C=O) groups excluding carboxylic acids is 1. The SMILES string of the molecule is CCOCC(=O)c1c(Br)cnn1CCN(C)C. The smallest absolute Gasteiger partial charge is 0.207 e. The number of Topliss-reactive ketones (excluding diaryl/α,β-unsaturated/α-hetero) is 1. The van der Waals surface area contributed by atoms with E-state index in [-0.39, 0.29) is 12.4 Å². The van der Waals surface area contributed by atoms with Crippen LogP contribution in [0.15, 0.2) is 10.7 Å². The van der Waals surface area contributed by atoms with E-state index in [1.807, 2.05) is 25.9 Å². The zero-order valence-electron chi connectivity index (χ0n) is 10.4. The molecule has 0 spiro atoms. The summed E-state index contributed by atoms with van der Waals surface area (Å²) in [7, 11) is 3.97. The summed E-state index contributed by atoms with van der Waals surface area (Å²) in [5, 5.41) is 4.18. The second-order valence-electron chi connectivity index (χ2n) is 3.93. The van der Waals surface area contributed by atoms with E-state index < -0.39 is 0 Å². The molecule has 0 aliphatic heterocycles. The molecule has 5 nitrogen and oxygen atoms in total. The molecule has 1 heterocycles. The van der Waals surface area contributed by atoms with E-state index in [1.54, 1.807) is 10.9 Å². The second-order valence-corrected chi connectivity index (χ2v) is 4.78. The summed E-state index contributed by atoms with van der Waals surface area (Å²) < 4.78 is 7.57. The van der Waals surface area contributed by atoms with Crippen molar-refractivity contribution >= 4 is 21.7 Å². The van der Waals surface area contributed by atoms with Crippen LogP contribution in [0.3, 0.4) is 0 Å². The summed E-state index contributed by atoms with van der Waals surface area (Å²) in [6.45, 7) is 4.03. The summed E-state index contributed by atoms with van der Waals surface area (Å²) in [4.78, 5) is 14.0. The fourth-order valence-corrected chi connectivity index (χ4v) is 1.88. The maximum absolute atomic E-state index is 11.9. The Kier molecular flexibility index (Phi) is 5.80. The molecule has 0 radical (unpaired) electrons. The van der Waals surface area contributed by atoms with Crippen molar-refractivity contribution in [1.29, 1.82) is 0 Å². The van der Waals surface area contributed by atoms with Gasteiger partial charge >= 0.3 is 0 Å². The molecule has 0 saturated heterocycles. The highest BCUT2D eigenvalue weighted by atomic mass is 79.9. The molecule has 1 rings (SSSR count). The molecule has 0 unspecified atom stereocenters. The number of hydrogen-bond donors (Lipinski definition) is 0. The van der Waals surface area contributed by atoms with Crippen molar-refractivity contribution in [3.8, 4) is 0 Å². The zero-order chi connectivity index (χ0) is 12.8. The maximum atomic E-state index is 11.9. The maximum Gasteiger partial charge on any atom is 0.207 e. The standard InChI is InChI=1S/C11H18BrN3O2/c1-4-17-8-10(16)11-9(12)7-13-15(11)6-5-14(2)3/h7H,4-6,8H2,1-3H3. The summed E-state index contributed by atoms with van der Waals surface area (Å²) >= 11 is 3.34. The molecule has 0 aliphatic rings. The summed E-state index contributed by atoms with van der Waals surface area (Å²) in [5.74, 6) is -0.0463. The van der Waals surface area contributed by atoms with Crippen LogP contribution >= 0.6 is 15.9 Å². The van der Waals surface area contributed by atoms with E-state index in [2.05, 4.69) is 21.0 Å². The number of carbonyl (C=O) groups is 1. The fraction of sp³-hybridized carbons (Fsp3) is 0.636. The van der Waals surface area contributed by atoms with Crippen LogP contribution in [0.5, 0.6) is 0 Å². The first-order valence-corrected chi connectivity index (χ1v) is 6.32. The highest BCUT2D eigenvalue weighted by Gasteiger charge is 2.16. The molecular formula is C11H18BrN3O2. The van der Waals surface area contributed by atoms with Gasteiger partial charge in [-0.05, 0) is 36.9 Å². The Balaban J connectivity index is 2.75. The van der Waals surface area contributed by atoms with Crippen molar-refractivity contribution < 1.29 is 9.53 Å². The lowest BCUT2D eigenvalue weighted by Gasteiger charge is -2.11. The Morgan fingerprint density at radius 3 is 2.88 bits per heavy atom. The first-order valence-electron chi connectivity index (χ1n) is 5.53. The van der Waals surface area contributed by atoms with Crippen molar-refractivity contribution in [3.05, 3.63) is 16.4 Å². The van der Waals surface area contributed by atoms with Gasteiger partial charge in [0.15, 0.2) is 0 Å². The number of rotatable bonds is 7. The van der Waals surface area contributed by atoms with Gasteiger partial charge in [0.25, 0.3) is 0 Å². The van der Waals surface area contributed by atoms with Gasteiger partial charge in [-0.3, -0.25) is 9.48 Å². The highest BCUT2D eigenvalue weighted by Crippen LogP contribution is 2.16. The van der Waals surface area contributed by atoms with Crippen molar-refractivity contribution in [1.82, 2.24) is 14.7 Å². The zero-order valence-corrected chi connectivity index (χ0v) is 12.0. The lowest BCUT2D eigenvalue weighted by Crippen LogP contribution is -2.22. The fourth-order valence-electron chi connectivity index (χ4n) is 1.37. The molecule has 0 atom stereocenters. The Morgan fingerprint density at radius 1 is 1.59 bits per heavy atom. The van der Waals surface area contributed by atoms with Gasteiger partial charge in [-0.15, -0.1) is 0 Å². The Bertz CT molecular complexity index is 377. The van der Waals surface area contributed by atoms with Crippen molar-refractivity contribution in [2.45, 2.75) is 13.5 Å². The van der Waals surface area contributed by atoms with Gasteiger partial charge in [-0.1, -0.05) is 0 Å². The van der Waals surface area contributed by atoms with Crippen LogP contribution < -0.4 is 0 Å². The number of hydrogen-bond acceptors (Lipinski definition) is 4. The van der Waals surface area contributed by atoms with E-state index >= 15 is 0 Å². The van der Waals surface area contributed by atoms with Gasteiger partial charge in [0, 0.05) is 13.2 Å². The molecule has 96 valence electrons. The second kappa shape index (κ2) is 6.88. The molecular weight excluding hydrogens is 286 g/mol. The molecule has 6 heteroatoms. The van der Waals surface area contributed by atoms with E-state index in [4.69, 9.17) is 4.74 Å². The van der Waals surface area contributed by atoms with Gasteiger partial charge in [0.2, 0.25) is 5.78 Å². The van der Waals surface area contributed by atoms with Crippen molar-refractivity contribution in [3.63, 3.8) is 0 Å². The van der Waals surface area contributed by atoms with Crippen molar-refractivity contribution in [2.24, 2.45) is 0 Å². The Hall–Kier alpha value is -0.720. The predicted octanol–water partition coefficient (Wildman–Crippen LogP) is 1.43. The average molecular weight is 304 g/mol. The molecule has 0 N–H and O–H groups in total. The van der Waals surface area contributed by atoms with Crippen LogP contribution in [-0.4, -0.2) is 54.3 Å². The topological polar surface area (TPSA) is 47.4 Å². The lowest BCUT2D eigenvalue weighted by atomic mass is 10.3. The molecule has 1 aromatic heterocycles. The van der Waals surface area contributed by atoms with Crippen molar-refractivity contribution in [2.75, 3.05) is 33.9 Å². The summed E-state index contributed by atoms with van der Waals surface area (Å²) in [6.07, 6.45) is 1.65. The molecule has 0 aliphatic carbocycles. The minimum atomic E-state index is -0.0463. The largest absolute Gasteiger partial charge is 0.374 e. The first-order chi connectivity index (χ1) is 8.06. The van der Waals surface area contributed by atoms with Crippen LogP contribution in [-0.2, 0) is 11.3 Å². The molecule has 0 saturated carbocycles. The van der Waals surface area contributed by atoms with Gasteiger partial charge in [0.05, 0.1) is 17.2 Å². The Labute approximate surface area is 110 Å². The highest BCUT2D eigenvalue weighted by molar-refractivity contribution is 9.10. The van der Waals surface area contributed by atoms with Crippen LogP contribution in [0, 0.1) is 0 Å². The minimum absolute atomic E-state index is 0.0463. The summed E-state index contributed by atoms with van der Waals surface area (Å²) in [6, 6.07) is 0. The average Bonchev–Trinajstić information content (AvgIpc) is 2.64. The monoisotopic (exact) mass is 303 g/mol. The van der Waals surface area contributed by atoms with Crippen LogP contribution in [0.4, 0.5) is 0 Å². The lowest BCUT2D eigenvalue weighted by molar-refractivity contribution is 0.0771. The van der Waals surface area contributed by atoms with Crippen LogP contribution in [0.2, 0.25) is 0 Å². The molecule has 0 aromatic carbocycles. The first kappa shape index (κ1) is 14.3. The summed E-state index contributed by atoms with van der Waals surface area (Å²) in [5.41, 5.74) is 0.584. The van der Waals surface area contributed by atoms with E-state index in [0.29, 0.717) is 18.8 Å². The number of halogens is 1. The predicted molar refractivity (Wildman–Crippen MR) is 69.3 cm³/mol. The minimum Gasteiger partial charge on any atom is -0.374 e. The number of ketones is 1. The van der Waals surface area contributed by atoms with Crippen LogP contribution in [0.1, 0.15) is 17.4 Å². The van der Waals surface area contributed by atoms with Gasteiger partial charge in [-0.2, -0.15) is 5.10 Å². The quantitative estimate of drug-likeness (QED) is 0.715. The van der Waals surface area contributed by atoms with Gasteiger partial charge < -0.3 is 9.64 Å².